The van der Waals surface area contributed by atoms with E-state index in [2.05, 4.69) is 26.6 Å². The van der Waals surface area contributed by atoms with Gasteiger partial charge in [0.25, 0.3) is 5.91 Å². The minimum Gasteiger partial charge on any atom is -0.308 e. The van der Waals surface area contributed by atoms with E-state index in [1.165, 1.54) is 0 Å². The molecule has 0 fully saturated rings. The first kappa shape index (κ1) is 14.6. The molecule has 0 heterocycles. The third-order valence-corrected chi connectivity index (χ3v) is 3.35. The molecule has 6 heteroatoms. The molecule has 102 valence electrons. The summed E-state index contributed by atoms with van der Waals surface area (Å²) in [6.07, 6.45) is 0. The highest BCUT2D eigenvalue weighted by atomic mass is 79.9. The van der Waals surface area contributed by atoms with Crippen LogP contribution in [0.1, 0.15) is 10.4 Å². The number of carbonyl (C=O) groups is 2. The van der Waals surface area contributed by atoms with Crippen LogP contribution in [-0.2, 0) is 0 Å². The van der Waals surface area contributed by atoms with Crippen molar-refractivity contribution < 1.29 is 9.59 Å². The van der Waals surface area contributed by atoms with Crippen LogP contribution in [-0.4, -0.2) is 11.9 Å². The predicted octanol–water partition coefficient (Wildman–Crippen LogP) is 4.06. The zero-order valence-electron chi connectivity index (χ0n) is 10.2. The highest BCUT2D eigenvalue weighted by Gasteiger charge is 2.12. The number of hydrogen-bond acceptors (Lipinski definition) is 2. The van der Waals surface area contributed by atoms with E-state index in [0.717, 1.165) is 0 Å². The molecule has 0 spiro atoms. The van der Waals surface area contributed by atoms with E-state index >= 15 is 0 Å². The van der Waals surface area contributed by atoms with Crippen LogP contribution in [0.4, 0.5) is 10.5 Å². The van der Waals surface area contributed by atoms with Crippen molar-refractivity contribution in [1.29, 1.82) is 0 Å². The van der Waals surface area contributed by atoms with Crippen molar-refractivity contribution >= 4 is 45.2 Å². The second kappa shape index (κ2) is 6.54. The summed E-state index contributed by atoms with van der Waals surface area (Å²) in [6, 6.07) is 12.9. The maximum absolute atomic E-state index is 11.9. The van der Waals surface area contributed by atoms with E-state index in [9.17, 15) is 9.59 Å². The highest BCUT2D eigenvalue weighted by Crippen LogP contribution is 2.16. The molecule has 0 aliphatic heterocycles. The maximum Gasteiger partial charge on any atom is 0.326 e. The Morgan fingerprint density at radius 2 is 1.80 bits per heavy atom. The summed E-state index contributed by atoms with van der Waals surface area (Å²) in [5.74, 6) is -0.489. The van der Waals surface area contributed by atoms with Crippen LogP contribution in [0, 0.1) is 0 Å². The van der Waals surface area contributed by atoms with Gasteiger partial charge >= 0.3 is 6.03 Å². The lowest BCUT2D eigenvalue weighted by Gasteiger charge is -2.08. The number of nitrogens with one attached hydrogen (secondary N) is 2. The molecule has 0 bridgehead atoms. The average Bonchev–Trinajstić information content (AvgIpc) is 2.38. The van der Waals surface area contributed by atoms with Gasteiger partial charge in [-0.15, -0.1) is 0 Å². The summed E-state index contributed by atoms with van der Waals surface area (Å²) in [7, 11) is 0. The Hall–Kier alpha value is -1.85. The first-order valence-corrected chi connectivity index (χ1v) is 6.86. The SMILES string of the molecule is O=C(NC(=O)c1ccccc1Br)Nc1cccc(Cl)c1. The fourth-order valence-electron chi connectivity index (χ4n) is 1.54. The number of imide groups is 1. The van der Waals surface area contributed by atoms with Gasteiger partial charge in [0, 0.05) is 15.2 Å². The number of amides is 3. The second-order valence-corrected chi connectivity index (χ2v) is 5.19. The monoisotopic (exact) mass is 352 g/mol. The second-order valence-electron chi connectivity index (χ2n) is 3.90. The van der Waals surface area contributed by atoms with Crippen LogP contribution in [0.25, 0.3) is 0 Å². The molecule has 2 rings (SSSR count). The molecular formula is C14H10BrClN2O2. The van der Waals surface area contributed by atoms with Crippen molar-refractivity contribution in [2.24, 2.45) is 0 Å². The van der Waals surface area contributed by atoms with Crippen molar-refractivity contribution in [1.82, 2.24) is 5.32 Å². The molecule has 20 heavy (non-hydrogen) atoms. The molecule has 2 aromatic rings. The largest absolute Gasteiger partial charge is 0.326 e. The van der Waals surface area contributed by atoms with E-state index in [1.807, 2.05) is 0 Å². The molecule has 4 nitrogen and oxygen atoms in total. The first-order valence-electron chi connectivity index (χ1n) is 5.68. The van der Waals surface area contributed by atoms with Crippen molar-refractivity contribution in [3.05, 3.63) is 63.6 Å². The van der Waals surface area contributed by atoms with Crippen molar-refractivity contribution in [3.8, 4) is 0 Å². The van der Waals surface area contributed by atoms with Crippen LogP contribution >= 0.6 is 27.5 Å². The normalized spacial score (nSPS) is 9.90. The Labute approximate surface area is 129 Å². The van der Waals surface area contributed by atoms with Crippen LogP contribution in [0.3, 0.4) is 0 Å². The molecule has 3 amide bonds. The Kier molecular flexibility index (Phi) is 4.76. The number of anilines is 1. The van der Waals surface area contributed by atoms with Crippen LogP contribution in [0.15, 0.2) is 53.0 Å². The van der Waals surface area contributed by atoms with Gasteiger partial charge in [0.2, 0.25) is 0 Å². The lowest BCUT2D eigenvalue weighted by atomic mass is 10.2. The number of hydrogen-bond donors (Lipinski definition) is 2. The zero-order valence-corrected chi connectivity index (χ0v) is 12.5. The van der Waals surface area contributed by atoms with Crippen LogP contribution in [0.5, 0.6) is 0 Å². The summed E-state index contributed by atoms with van der Waals surface area (Å²) in [4.78, 5) is 23.6. The third-order valence-electron chi connectivity index (χ3n) is 2.43. The Bertz CT molecular complexity index is 661. The maximum atomic E-state index is 11.9. The molecule has 0 atom stereocenters. The number of rotatable bonds is 2. The summed E-state index contributed by atoms with van der Waals surface area (Å²) < 4.78 is 0.619. The van der Waals surface area contributed by atoms with Gasteiger partial charge in [0.15, 0.2) is 0 Å². The van der Waals surface area contributed by atoms with Gasteiger partial charge in [-0.1, -0.05) is 29.8 Å². The summed E-state index contributed by atoms with van der Waals surface area (Å²) in [5, 5.41) is 5.28. The molecule has 0 aliphatic carbocycles. The lowest BCUT2D eigenvalue weighted by Crippen LogP contribution is -2.34. The van der Waals surface area contributed by atoms with E-state index in [-0.39, 0.29) is 0 Å². The predicted molar refractivity (Wildman–Crippen MR) is 82.1 cm³/mol. The van der Waals surface area contributed by atoms with Gasteiger partial charge in [0.05, 0.1) is 5.56 Å². The molecular weight excluding hydrogens is 344 g/mol. The Morgan fingerprint density at radius 3 is 2.50 bits per heavy atom. The average molecular weight is 354 g/mol. The van der Waals surface area contributed by atoms with Crippen molar-refractivity contribution in [2.75, 3.05) is 5.32 Å². The molecule has 0 aliphatic rings. The Balaban J connectivity index is 2.02. The topological polar surface area (TPSA) is 58.2 Å². The number of halogens is 2. The molecule has 0 aromatic heterocycles. The fraction of sp³-hybridized carbons (Fsp3) is 0. The summed E-state index contributed by atoms with van der Waals surface area (Å²) >= 11 is 9.06. The molecule has 0 unspecified atom stereocenters. The number of carbonyl (C=O) groups excluding carboxylic acids is 2. The summed E-state index contributed by atoms with van der Waals surface area (Å²) in [6.45, 7) is 0. The quantitative estimate of drug-likeness (QED) is 0.855. The van der Waals surface area contributed by atoms with Crippen LogP contribution in [0.2, 0.25) is 5.02 Å². The molecule has 0 saturated carbocycles. The Morgan fingerprint density at radius 1 is 1.05 bits per heavy atom. The van der Waals surface area contributed by atoms with Crippen molar-refractivity contribution in [2.45, 2.75) is 0 Å². The van der Waals surface area contributed by atoms with Gasteiger partial charge < -0.3 is 5.32 Å². The molecule has 2 aromatic carbocycles. The summed E-state index contributed by atoms with van der Waals surface area (Å²) in [5.41, 5.74) is 0.892. The first-order chi connectivity index (χ1) is 9.56. The van der Waals surface area contributed by atoms with Gasteiger partial charge in [0.1, 0.15) is 0 Å². The third kappa shape index (κ3) is 3.82. The minimum atomic E-state index is -0.618. The van der Waals surface area contributed by atoms with Gasteiger partial charge in [-0.25, -0.2) is 4.79 Å². The molecule has 0 saturated heterocycles. The highest BCUT2D eigenvalue weighted by molar-refractivity contribution is 9.10. The minimum absolute atomic E-state index is 0.383. The number of urea groups is 1. The van der Waals surface area contributed by atoms with Gasteiger partial charge in [-0.05, 0) is 46.3 Å². The van der Waals surface area contributed by atoms with Gasteiger partial charge in [-0.2, -0.15) is 0 Å². The van der Waals surface area contributed by atoms with Gasteiger partial charge in [-0.3, -0.25) is 10.1 Å². The number of benzene rings is 2. The van der Waals surface area contributed by atoms with E-state index in [4.69, 9.17) is 11.6 Å². The van der Waals surface area contributed by atoms with Crippen molar-refractivity contribution in [3.63, 3.8) is 0 Å². The van der Waals surface area contributed by atoms with E-state index in [1.54, 1.807) is 48.5 Å². The zero-order chi connectivity index (χ0) is 14.5. The standard InChI is InChI=1S/C14H10BrClN2O2/c15-12-7-2-1-6-11(12)13(19)18-14(20)17-10-5-3-4-9(16)8-10/h1-8H,(H2,17,18,19,20). The smallest absolute Gasteiger partial charge is 0.308 e. The van der Waals surface area contributed by atoms with E-state index < -0.39 is 11.9 Å². The molecule has 0 radical (unpaired) electrons. The fourth-order valence-corrected chi connectivity index (χ4v) is 2.20. The molecule has 2 N–H and O–H groups in total. The van der Waals surface area contributed by atoms with E-state index in [0.29, 0.717) is 20.7 Å². The van der Waals surface area contributed by atoms with Crippen LogP contribution < -0.4 is 10.6 Å². The lowest BCUT2D eigenvalue weighted by molar-refractivity contribution is 0.0966.